The Balaban J connectivity index is 2.07. The maximum atomic E-state index is 5.28. The van der Waals surface area contributed by atoms with Crippen LogP contribution >= 0.6 is 11.3 Å². The highest BCUT2D eigenvalue weighted by Gasteiger charge is 2.02. The van der Waals surface area contributed by atoms with E-state index in [2.05, 4.69) is 22.3 Å². The zero-order chi connectivity index (χ0) is 13.2. The third kappa shape index (κ3) is 2.24. The molecule has 0 saturated carbocycles. The van der Waals surface area contributed by atoms with E-state index in [1.807, 2.05) is 42.8 Å². The first kappa shape index (κ1) is 11.9. The minimum atomic E-state index is 0.743. The van der Waals surface area contributed by atoms with Gasteiger partial charge in [-0.15, -0.1) is 10.2 Å². The monoisotopic (exact) mass is 271 g/mol. The molecule has 19 heavy (non-hydrogen) atoms. The average molecular weight is 271 g/mol. The van der Waals surface area contributed by atoms with Crippen molar-refractivity contribution in [2.24, 2.45) is 17.3 Å². The van der Waals surface area contributed by atoms with Crippen LogP contribution in [0.3, 0.4) is 0 Å². The van der Waals surface area contributed by atoms with Gasteiger partial charge in [0, 0.05) is 7.05 Å². The van der Waals surface area contributed by atoms with Crippen molar-refractivity contribution in [1.29, 1.82) is 0 Å². The number of aryl methyl sites for hydroxylation is 1. The largest absolute Gasteiger partial charge is 0.463 e. The molecule has 0 aliphatic heterocycles. The van der Waals surface area contributed by atoms with Crippen LogP contribution in [0.2, 0.25) is 0 Å². The lowest BCUT2D eigenvalue weighted by Gasteiger charge is -1.93. The van der Waals surface area contributed by atoms with Gasteiger partial charge in [-0.1, -0.05) is 23.5 Å². The SMILES string of the molecule is C/C(=N\N=c1\sc2ccccc2n1C)c1ccco1. The van der Waals surface area contributed by atoms with E-state index in [1.165, 1.54) is 4.70 Å². The third-order valence-corrected chi connectivity index (χ3v) is 3.98. The predicted octanol–water partition coefficient (Wildman–Crippen LogP) is 3.16. The standard InChI is InChI=1S/C14H13N3OS/c1-10(12-7-5-9-18-12)15-16-14-17(2)11-6-3-4-8-13(11)19-14/h3-9H,1-2H3/b15-10+,16-14+. The second kappa shape index (κ2) is 4.85. The van der Waals surface area contributed by atoms with Gasteiger partial charge in [0.15, 0.2) is 0 Å². The van der Waals surface area contributed by atoms with Gasteiger partial charge >= 0.3 is 0 Å². The molecule has 0 N–H and O–H groups in total. The topological polar surface area (TPSA) is 42.8 Å². The molecule has 0 atom stereocenters. The molecule has 5 heteroatoms. The number of aromatic nitrogens is 1. The van der Waals surface area contributed by atoms with Crippen LogP contribution in [-0.4, -0.2) is 10.3 Å². The van der Waals surface area contributed by atoms with Crippen molar-refractivity contribution < 1.29 is 4.42 Å². The van der Waals surface area contributed by atoms with Crippen LogP contribution in [0.25, 0.3) is 10.2 Å². The number of benzene rings is 1. The molecule has 3 aromatic rings. The van der Waals surface area contributed by atoms with Gasteiger partial charge in [0.05, 0.1) is 16.5 Å². The van der Waals surface area contributed by atoms with E-state index < -0.39 is 0 Å². The summed E-state index contributed by atoms with van der Waals surface area (Å²) in [5.74, 6) is 0.743. The van der Waals surface area contributed by atoms with Gasteiger partial charge in [-0.3, -0.25) is 0 Å². The first-order valence-corrected chi connectivity index (χ1v) is 6.74. The molecule has 0 radical (unpaired) electrons. The Bertz CT molecular complexity index is 794. The minimum Gasteiger partial charge on any atom is -0.463 e. The van der Waals surface area contributed by atoms with Crippen LogP contribution in [0, 0.1) is 0 Å². The van der Waals surface area contributed by atoms with Gasteiger partial charge in [-0.25, -0.2) is 0 Å². The molecule has 0 fully saturated rings. The zero-order valence-electron chi connectivity index (χ0n) is 10.7. The van der Waals surface area contributed by atoms with E-state index in [0.29, 0.717) is 0 Å². The van der Waals surface area contributed by atoms with Gasteiger partial charge in [-0.2, -0.15) is 0 Å². The number of para-hydroxylation sites is 1. The van der Waals surface area contributed by atoms with Crippen LogP contribution in [0.5, 0.6) is 0 Å². The van der Waals surface area contributed by atoms with E-state index >= 15 is 0 Å². The van der Waals surface area contributed by atoms with E-state index in [1.54, 1.807) is 17.6 Å². The highest BCUT2D eigenvalue weighted by Crippen LogP contribution is 2.15. The van der Waals surface area contributed by atoms with Gasteiger partial charge in [0.25, 0.3) is 0 Å². The average Bonchev–Trinajstić information content (AvgIpc) is 3.05. The van der Waals surface area contributed by atoms with Gasteiger partial charge in [-0.05, 0) is 31.2 Å². The summed E-state index contributed by atoms with van der Waals surface area (Å²) in [6.45, 7) is 1.88. The Morgan fingerprint density at radius 1 is 1.21 bits per heavy atom. The quantitative estimate of drug-likeness (QED) is 0.521. The van der Waals surface area contributed by atoms with Crippen molar-refractivity contribution in [2.45, 2.75) is 6.92 Å². The van der Waals surface area contributed by atoms with Crippen molar-refractivity contribution in [2.75, 3.05) is 0 Å². The lowest BCUT2D eigenvalue weighted by atomic mass is 10.3. The fourth-order valence-electron chi connectivity index (χ4n) is 1.83. The Hall–Kier alpha value is -2.14. The Morgan fingerprint density at radius 3 is 2.79 bits per heavy atom. The predicted molar refractivity (Wildman–Crippen MR) is 77.3 cm³/mol. The van der Waals surface area contributed by atoms with E-state index in [9.17, 15) is 0 Å². The van der Waals surface area contributed by atoms with Crippen molar-refractivity contribution >= 4 is 27.3 Å². The number of furan rings is 1. The highest BCUT2D eigenvalue weighted by atomic mass is 32.1. The van der Waals surface area contributed by atoms with E-state index in [0.717, 1.165) is 21.8 Å². The summed E-state index contributed by atoms with van der Waals surface area (Å²) in [5.41, 5.74) is 1.93. The van der Waals surface area contributed by atoms with Crippen molar-refractivity contribution in [3.8, 4) is 0 Å². The summed E-state index contributed by atoms with van der Waals surface area (Å²) in [5, 5.41) is 8.54. The summed E-state index contributed by atoms with van der Waals surface area (Å²) >= 11 is 1.62. The lowest BCUT2D eigenvalue weighted by molar-refractivity contribution is 0.557. The van der Waals surface area contributed by atoms with Crippen LogP contribution in [-0.2, 0) is 7.05 Å². The van der Waals surface area contributed by atoms with Gasteiger partial charge in [0.1, 0.15) is 11.5 Å². The molecule has 0 spiro atoms. The highest BCUT2D eigenvalue weighted by molar-refractivity contribution is 7.16. The molecular formula is C14H13N3OS. The normalized spacial score (nSPS) is 13.4. The van der Waals surface area contributed by atoms with Gasteiger partial charge < -0.3 is 8.98 Å². The van der Waals surface area contributed by atoms with E-state index in [-0.39, 0.29) is 0 Å². The minimum absolute atomic E-state index is 0.743. The van der Waals surface area contributed by atoms with Crippen molar-refractivity contribution in [1.82, 2.24) is 4.57 Å². The first-order chi connectivity index (χ1) is 9.25. The van der Waals surface area contributed by atoms with Crippen LogP contribution in [0.4, 0.5) is 0 Å². The lowest BCUT2D eigenvalue weighted by Crippen LogP contribution is -2.09. The van der Waals surface area contributed by atoms with Crippen LogP contribution in [0.1, 0.15) is 12.7 Å². The fourth-order valence-corrected chi connectivity index (χ4v) is 2.80. The molecule has 1 aromatic carbocycles. The van der Waals surface area contributed by atoms with Crippen molar-refractivity contribution in [3.63, 3.8) is 0 Å². The number of nitrogens with zero attached hydrogens (tertiary/aromatic N) is 3. The number of rotatable bonds is 2. The molecule has 0 aliphatic carbocycles. The second-order valence-corrected chi connectivity index (χ2v) is 5.18. The molecule has 0 unspecified atom stereocenters. The number of thiazole rings is 1. The summed E-state index contributed by atoms with van der Waals surface area (Å²) < 4.78 is 8.52. The molecule has 2 heterocycles. The maximum absolute atomic E-state index is 5.28. The summed E-state index contributed by atoms with van der Waals surface area (Å²) in [7, 11) is 2.00. The van der Waals surface area contributed by atoms with Crippen LogP contribution in [0.15, 0.2) is 57.3 Å². The van der Waals surface area contributed by atoms with E-state index in [4.69, 9.17) is 4.42 Å². The van der Waals surface area contributed by atoms with Crippen molar-refractivity contribution in [3.05, 3.63) is 53.2 Å². The third-order valence-electron chi connectivity index (χ3n) is 2.88. The molecule has 2 aromatic heterocycles. The molecule has 4 nitrogen and oxygen atoms in total. The van der Waals surface area contributed by atoms with Crippen LogP contribution < -0.4 is 4.80 Å². The zero-order valence-corrected chi connectivity index (χ0v) is 11.5. The Labute approximate surface area is 114 Å². The fraction of sp³-hybridized carbons (Fsp3) is 0.143. The molecule has 0 aliphatic rings. The smallest absolute Gasteiger partial charge is 0.211 e. The number of fused-ring (bicyclic) bond motifs is 1. The second-order valence-electron chi connectivity index (χ2n) is 4.17. The Morgan fingerprint density at radius 2 is 2.05 bits per heavy atom. The number of hydrogen-bond donors (Lipinski definition) is 0. The first-order valence-electron chi connectivity index (χ1n) is 5.92. The molecular weight excluding hydrogens is 258 g/mol. The molecule has 96 valence electrons. The van der Waals surface area contributed by atoms with Gasteiger partial charge in [0.2, 0.25) is 4.80 Å². The number of hydrogen-bond acceptors (Lipinski definition) is 4. The maximum Gasteiger partial charge on any atom is 0.211 e. The molecule has 0 saturated heterocycles. The Kier molecular flexibility index (Phi) is 3.05. The summed E-state index contributed by atoms with van der Waals surface area (Å²) in [6.07, 6.45) is 1.63. The molecule has 0 amide bonds. The molecule has 0 bridgehead atoms. The summed E-state index contributed by atoms with van der Waals surface area (Å²) in [6, 6.07) is 11.9. The molecule has 3 rings (SSSR count). The summed E-state index contributed by atoms with van der Waals surface area (Å²) in [4.78, 5) is 0.868.